The van der Waals surface area contributed by atoms with Gasteiger partial charge in [-0.2, -0.15) is 0 Å². The minimum Gasteiger partial charge on any atom is -0.391 e. The second kappa shape index (κ2) is 7.08. The molecule has 0 aliphatic carbocycles. The Morgan fingerprint density at radius 3 is 2.52 bits per heavy atom. The zero-order valence-corrected chi connectivity index (χ0v) is 13.4. The van der Waals surface area contributed by atoms with E-state index in [9.17, 15) is 9.90 Å². The van der Waals surface area contributed by atoms with E-state index in [0.29, 0.717) is 12.5 Å². The van der Waals surface area contributed by atoms with E-state index in [1.807, 2.05) is 29.2 Å². The Balaban J connectivity index is 2.15. The van der Waals surface area contributed by atoms with E-state index < -0.39 is 0 Å². The molecular weight excluding hydrogens is 262 g/mol. The summed E-state index contributed by atoms with van der Waals surface area (Å²) in [6, 6.07) is 8.12. The highest BCUT2D eigenvalue weighted by atomic mass is 16.3. The fourth-order valence-corrected chi connectivity index (χ4v) is 3.09. The number of β-amino-alcohol motifs (C(OH)–C–C–N with tert-alkyl or cyclic N) is 1. The van der Waals surface area contributed by atoms with Crippen molar-refractivity contribution in [3.8, 4) is 0 Å². The zero-order chi connectivity index (χ0) is 15.4. The number of likely N-dealkylation sites (tertiary alicyclic amines) is 1. The first-order valence-corrected chi connectivity index (χ1v) is 8.09. The molecule has 1 amide bonds. The first-order chi connectivity index (χ1) is 10.0. The Hall–Kier alpha value is -1.35. The number of aliphatic hydroxyl groups is 1. The van der Waals surface area contributed by atoms with Gasteiger partial charge in [-0.25, -0.2) is 0 Å². The maximum atomic E-state index is 12.8. The molecule has 1 N–H and O–H groups in total. The van der Waals surface area contributed by atoms with Crippen LogP contribution in [0.1, 0.15) is 56.0 Å². The molecular formula is C18H27NO2. The van der Waals surface area contributed by atoms with E-state index in [2.05, 4.69) is 20.8 Å². The number of aliphatic hydroxyl groups excluding tert-OH is 1. The smallest absolute Gasteiger partial charge is 0.254 e. The number of amides is 1. The van der Waals surface area contributed by atoms with Crippen LogP contribution in [-0.4, -0.2) is 34.6 Å². The molecule has 0 spiro atoms. The van der Waals surface area contributed by atoms with Crippen LogP contribution in [0.25, 0.3) is 0 Å². The van der Waals surface area contributed by atoms with Gasteiger partial charge in [0.2, 0.25) is 0 Å². The molecule has 1 saturated heterocycles. The number of benzene rings is 1. The third kappa shape index (κ3) is 4.07. The van der Waals surface area contributed by atoms with Gasteiger partial charge in [0.15, 0.2) is 0 Å². The average molecular weight is 289 g/mol. The molecule has 116 valence electrons. The number of hydrogen-bond acceptors (Lipinski definition) is 2. The molecule has 2 rings (SSSR count). The SMILES string of the molecule is CCc1ccc(C(=O)N2CC(O)CCC2CC(C)C)cc1. The minimum absolute atomic E-state index is 0.0575. The number of nitrogens with zero attached hydrogens (tertiary/aromatic N) is 1. The normalized spacial score (nSPS) is 22.6. The van der Waals surface area contributed by atoms with Gasteiger partial charge in [-0.3, -0.25) is 4.79 Å². The van der Waals surface area contributed by atoms with E-state index in [1.165, 1.54) is 5.56 Å². The summed E-state index contributed by atoms with van der Waals surface area (Å²) in [7, 11) is 0. The molecule has 1 heterocycles. The van der Waals surface area contributed by atoms with Gasteiger partial charge in [-0.15, -0.1) is 0 Å². The van der Waals surface area contributed by atoms with Crippen molar-refractivity contribution in [1.82, 2.24) is 4.90 Å². The summed E-state index contributed by atoms with van der Waals surface area (Å²) < 4.78 is 0. The summed E-state index contributed by atoms with van der Waals surface area (Å²) in [6.07, 6.45) is 3.30. The lowest BCUT2D eigenvalue weighted by atomic mass is 9.92. The van der Waals surface area contributed by atoms with Crippen molar-refractivity contribution in [1.29, 1.82) is 0 Å². The Morgan fingerprint density at radius 1 is 1.29 bits per heavy atom. The Morgan fingerprint density at radius 2 is 1.95 bits per heavy atom. The Labute approximate surface area is 128 Å². The maximum Gasteiger partial charge on any atom is 0.254 e. The Kier molecular flexibility index (Phi) is 5.40. The van der Waals surface area contributed by atoms with Crippen LogP contribution >= 0.6 is 0 Å². The number of piperidine rings is 1. The lowest BCUT2D eigenvalue weighted by Gasteiger charge is -2.39. The molecule has 1 aliphatic rings. The monoisotopic (exact) mass is 289 g/mol. The highest BCUT2D eigenvalue weighted by molar-refractivity contribution is 5.94. The van der Waals surface area contributed by atoms with E-state index in [4.69, 9.17) is 0 Å². The fraction of sp³-hybridized carbons (Fsp3) is 0.611. The van der Waals surface area contributed by atoms with Gasteiger partial charge in [0.1, 0.15) is 0 Å². The highest BCUT2D eigenvalue weighted by Gasteiger charge is 2.31. The number of hydrogen-bond donors (Lipinski definition) is 1. The van der Waals surface area contributed by atoms with Crippen LogP contribution in [0.5, 0.6) is 0 Å². The summed E-state index contributed by atoms with van der Waals surface area (Å²) in [6.45, 7) is 6.94. The third-order valence-corrected chi connectivity index (χ3v) is 4.29. The molecule has 0 bridgehead atoms. The number of carbonyl (C=O) groups excluding carboxylic acids is 1. The van der Waals surface area contributed by atoms with Crippen LogP contribution in [-0.2, 0) is 6.42 Å². The second-order valence-electron chi connectivity index (χ2n) is 6.52. The van der Waals surface area contributed by atoms with Crippen LogP contribution in [0.4, 0.5) is 0 Å². The fourth-order valence-electron chi connectivity index (χ4n) is 3.09. The summed E-state index contributed by atoms with van der Waals surface area (Å²) in [5.74, 6) is 0.616. The Bertz CT molecular complexity index is 467. The maximum absolute atomic E-state index is 12.8. The van der Waals surface area contributed by atoms with Gasteiger partial charge in [0, 0.05) is 18.2 Å². The van der Waals surface area contributed by atoms with Crippen LogP contribution < -0.4 is 0 Å². The van der Waals surface area contributed by atoms with E-state index in [1.54, 1.807) is 0 Å². The lowest BCUT2D eigenvalue weighted by Crippen LogP contribution is -2.49. The number of rotatable bonds is 4. The predicted octanol–water partition coefficient (Wildman–Crippen LogP) is 3.26. The zero-order valence-electron chi connectivity index (χ0n) is 13.4. The quantitative estimate of drug-likeness (QED) is 0.924. The average Bonchev–Trinajstić information content (AvgIpc) is 2.48. The van der Waals surface area contributed by atoms with Gasteiger partial charge in [0.05, 0.1) is 6.10 Å². The van der Waals surface area contributed by atoms with Crippen LogP contribution in [0, 0.1) is 5.92 Å². The van der Waals surface area contributed by atoms with Crippen LogP contribution in [0.3, 0.4) is 0 Å². The summed E-state index contributed by atoms with van der Waals surface area (Å²) in [5.41, 5.74) is 1.97. The van der Waals surface area contributed by atoms with E-state index in [-0.39, 0.29) is 18.1 Å². The second-order valence-corrected chi connectivity index (χ2v) is 6.52. The summed E-state index contributed by atoms with van der Waals surface area (Å²) in [5, 5.41) is 9.92. The van der Waals surface area contributed by atoms with Crippen molar-refractivity contribution >= 4 is 5.91 Å². The molecule has 3 heteroatoms. The third-order valence-electron chi connectivity index (χ3n) is 4.29. The van der Waals surface area contributed by atoms with Crippen LogP contribution in [0.15, 0.2) is 24.3 Å². The van der Waals surface area contributed by atoms with Crippen molar-refractivity contribution < 1.29 is 9.90 Å². The number of aryl methyl sites for hydroxylation is 1. The molecule has 0 saturated carbocycles. The van der Waals surface area contributed by atoms with Crippen molar-refractivity contribution in [2.45, 2.75) is 58.6 Å². The molecule has 2 atom stereocenters. The van der Waals surface area contributed by atoms with Gasteiger partial charge in [-0.1, -0.05) is 32.9 Å². The molecule has 1 aliphatic heterocycles. The van der Waals surface area contributed by atoms with Gasteiger partial charge < -0.3 is 10.0 Å². The van der Waals surface area contributed by atoms with E-state index in [0.717, 1.165) is 31.2 Å². The van der Waals surface area contributed by atoms with Gasteiger partial charge in [0.25, 0.3) is 5.91 Å². The summed E-state index contributed by atoms with van der Waals surface area (Å²) in [4.78, 5) is 14.6. The largest absolute Gasteiger partial charge is 0.391 e. The van der Waals surface area contributed by atoms with Gasteiger partial charge in [-0.05, 0) is 49.3 Å². The molecule has 0 aromatic heterocycles. The van der Waals surface area contributed by atoms with Crippen molar-refractivity contribution in [2.75, 3.05) is 6.54 Å². The molecule has 2 unspecified atom stereocenters. The molecule has 3 nitrogen and oxygen atoms in total. The molecule has 1 aromatic rings. The minimum atomic E-state index is -0.382. The first-order valence-electron chi connectivity index (χ1n) is 8.09. The van der Waals surface area contributed by atoms with Crippen LogP contribution in [0.2, 0.25) is 0 Å². The molecule has 1 aromatic carbocycles. The standard InChI is InChI=1S/C18H27NO2/c1-4-14-5-7-15(8-6-14)18(21)19-12-17(20)10-9-16(19)11-13(2)3/h5-8,13,16-17,20H,4,9-12H2,1-3H3. The first kappa shape index (κ1) is 16.0. The predicted molar refractivity (Wildman–Crippen MR) is 85.3 cm³/mol. The molecule has 1 fully saturated rings. The molecule has 21 heavy (non-hydrogen) atoms. The number of carbonyl (C=O) groups is 1. The lowest BCUT2D eigenvalue weighted by molar-refractivity contribution is 0.0231. The van der Waals surface area contributed by atoms with Crippen molar-refractivity contribution in [3.05, 3.63) is 35.4 Å². The highest BCUT2D eigenvalue weighted by Crippen LogP contribution is 2.25. The molecule has 0 radical (unpaired) electrons. The van der Waals surface area contributed by atoms with E-state index >= 15 is 0 Å². The summed E-state index contributed by atoms with van der Waals surface area (Å²) >= 11 is 0. The topological polar surface area (TPSA) is 40.5 Å². The van der Waals surface area contributed by atoms with Crippen molar-refractivity contribution in [3.63, 3.8) is 0 Å². The van der Waals surface area contributed by atoms with Crippen molar-refractivity contribution in [2.24, 2.45) is 5.92 Å². The van der Waals surface area contributed by atoms with Gasteiger partial charge >= 0.3 is 0 Å².